The van der Waals surface area contributed by atoms with E-state index in [2.05, 4.69) is 5.32 Å². The summed E-state index contributed by atoms with van der Waals surface area (Å²) in [6.45, 7) is 2.80. The highest BCUT2D eigenvalue weighted by Crippen LogP contribution is 2.40. The van der Waals surface area contributed by atoms with Crippen LogP contribution < -0.4 is 5.32 Å². The molecule has 1 saturated heterocycles. The molecule has 0 amide bonds. The molecule has 0 bridgehead atoms. The van der Waals surface area contributed by atoms with E-state index in [0.717, 1.165) is 29.8 Å². The molecule has 1 aliphatic rings. The van der Waals surface area contributed by atoms with Crippen molar-refractivity contribution in [1.29, 1.82) is 0 Å². The number of esters is 1. The van der Waals surface area contributed by atoms with E-state index in [0.29, 0.717) is 13.1 Å². The smallest absolute Gasteiger partial charge is 0.325 e. The third-order valence-corrected chi connectivity index (χ3v) is 5.65. The highest BCUT2D eigenvalue weighted by molar-refractivity contribution is 5.78. The van der Waals surface area contributed by atoms with E-state index in [-0.39, 0.29) is 12.8 Å². The highest BCUT2D eigenvalue weighted by Gasteiger charge is 2.40. The van der Waals surface area contributed by atoms with Crippen LogP contribution in [0.15, 0.2) is 91.0 Å². The molecule has 170 valence electrons. The molecule has 1 aliphatic heterocycles. The van der Waals surface area contributed by atoms with Gasteiger partial charge in [0.1, 0.15) is 0 Å². The van der Waals surface area contributed by atoms with Gasteiger partial charge in [0.05, 0.1) is 12.8 Å². The van der Waals surface area contributed by atoms with Gasteiger partial charge in [-0.1, -0.05) is 91.0 Å². The van der Waals surface area contributed by atoms with Crippen molar-refractivity contribution in [3.63, 3.8) is 0 Å². The van der Waals surface area contributed by atoms with Crippen molar-refractivity contribution in [2.45, 2.75) is 18.4 Å². The quantitative estimate of drug-likeness (QED) is 0.422. The first kappa shape index (κ1) is 22.7. The number of hydroxylamine groups is 2. The second-order valence-electron chi connectivity index (χ2n) is 7.90. The van der Waals surface area contributed by atoms with Crippen molar-refractivity contribution >= 4 is 11.9 Å². The van der Waals surface area contributed by atoms with E-state index >= 15 is 0 Å². The van der Waals surface area contributed by atoms with Crippen molar-refractivity contribution < 1.29 is 19.2 Å². The molecule has 6 nitrogen and oxygen atoms in total. The lowest BCUT2D eigenvalue weighted by Gasteiger charge is -2.35. The van der Waals surface area contributed by atoms with Gasteiger partial charge in [-0.3, -0.25) is 9.59 Å². The average molecular weight is 445 g/mol. The molecule has 33 heavy (non-hydrogen) atoms. The Hall–Kier alpha value is -3.48. The van der Waals surface area contributed by atoms with E-state index in [1.165, 1.54) is 0 Å². The molecule has 0 aromatic heterocycles. The van der Waals surface area contributed by atoms with E-state index in [1.807, 2.05) is 91.0 Å². The topological polar surface area (TPSA) is 67.9 Å². The number of rotatable bonds is 8. The number of nitrogens with one attached hydrogen (secondary N) is 1. The number of carbonyl (C=O) groups is 2. The Bertz CT molecular complexity index is 939. The Morgan fingerprint density at radius 1 is 0.697 bits per heavy atom. The summed E-state index contributed by atoms with van der Waals surface area (Å²) in [5.74, 6) is -0.901. The molecule has 3 aromatic carbocycles. The first-order chi connectivity index (χ1) is 16.2. The highest BCUT2D eigenvalue weighted by atomic mass is 16.7. The molecule has 1 heterocycles. The third kappa shape index (κ3) is 5.48. The predicted octanol–water partition coefficient (Wildman–Crippen LogP) is 3.67. The first-order valence-corrected chi connectivity index (χ1v) is 11.2. The summed E-state index contributed by atoms with van der Waals surface area (Å²) in [4.78, 5) is 30.8. The molecule has 0 atom stereocenters. The second kappa shape index (κ2) is 10.9. The van der Waals surface area contributed by atoms with Crippen LogP contribution in [0.5, 0.6) is 0 Å². The molecule has 0 spiro atoms. The number of carbonyl (C=O) groups excluding carboxylic acids is 2. The standard InChI is InChI=1S/C27H28N2O4/c30-25(16-17-26(31)33-29-20-18-28-19-21-29)32-27(22-10-4-1-5-11-22,23-12-6-2-7-13-23)24-14-8-3-9-15-24/h1-15,28H,16-21H2. The summed E-state index contributed by atoms with van der Waals surface area (Å²) in [6, 6.07) is 29.0. The van der Waals surface area contributed by atoms with Crippen LogP contribution in [0.1, 0.15) is 29.5 Å². The maximum Gasteiger partial charge on any atom is 0.325 e. The monoisotopic (exact) mass is 444 g/mol. The zero-order chi connectivity index (χ0) is 22.9. The maximum atomic E-state index is 13.1. The fraction of sp³-hybridized carbons (Fsp3) is 0.259. The zero-order valence-corrected chi connectivity index (χ0v) is 18.5. The minimum atomic E-state index is -1.14. The van der Waals surface area contributed by atoms with Gasteiger partial charge in [0, 0.05) is 42.9 Å². The van der Waals surface area contributed by atoms with Crippen LogP contribution in [-0.4, -0.2) is 43.2 Å². The second-order valence-corrected chi connectivity index (χ2v) is 7.90. The Balaban J connectivity index is 1.58. The SMILES string of the molecule is O=C(CCC(=O)OC(c1ccccc1)(c1ccccc1)c1ccccc1)ON1CCNCC1. The molecule has 0 saturated carbocycles. The molecule has 4 rings (SSSR count). The minimum absolute atomic E-state index is 0.0444. The molecular formula is C27H28N2O4. The first-order valence-electron chi connectivity index (χ1n) is 11.2. The minimum Gasteiger partial charge on any atom is -0.444 e. The van der Waals surface area contributed by atoms with Crippen molar-refractivity contribution in [3.8, 4) is 0 Å². The molecule has 0 aliphatic carbocycles. The molecule has 6 heteroatoms. The van der Waals surface area contributed by atoms with Gasteiger partial charge in [-0.25, -0.2) is 0 Å². The lowest BCUT2D eigenvalue weighted by molar-refractivity contribution is -0.193. The lowest BCUT2D eigenvalue weighted by atomic mass is 9.80. The summed E-state index contributed by atoms with van der Waals surface area (Å²) in [5, 5.41) is 4.83. The van der Waals surface area contributed by atoms with Gasteiger partial charge in [-0.05, 0) is 0 Å². The van der Waals surface area contributed by atoms with Crippen LogP contribution in [0.2, 0.25) is 0 Å². The van der Waals surface area contributed by atoms with Crippen LogP contribution in [0.4, 0.5) is 0 Å². The van der Waals surface area contributed by atoms with Gasteiger partial charge in [0.2, 0.25) is 0 Å². The summed E-state index contributed by atoms with van der Waals surface area (Å²) >= 11 is 0. The van der Waals surface area contributed by atoms with Gasteiger partial charge in [0.15, 0.2) is 5.60 Å². The Kier molecular flexibility index (Phi) is 7.50. The summed E-state index contributed by atoms with van der Waals surface area (Å²) in [7, 11) is 0. The van der Waals surface area contributed by atoms with Crippen LogP contribution in [0.25, 0.3) is 0 Å². The number of nitrogens with zero attached hydrogens (tertiary/aromatic N) is 1. The van der Waals surface area contributed by atoms with Crippen LogP contribution in [0, 0.1) is 0 Å². The van der Waals surface area contributed by atoms with Crippen molar-refractivity contribution in [2.24, 2.45) is 0 Å². The molecule has 3 aromatic rings. The number of hydrogen-bond donors (Lipinski definition) is 1. The lowest BCUT2D eigenvalue weighted by Crippen LogP contribution is -2.44. The fourth-order valence-corrected chi connectivity index (χ4v) is 4.05. The summed E-state index contributed by atoms with van der Waals surface area (Å²) < 4.78 is 6.27. The van der Waals surface area contributed by atoms with Crippen LogP contribution in [0.3, 0.4) is 0 Å². The molecule has 1 N–H and O–H groups in total. The van der Waals surface area contributed by atoms with E-state index in [9.17, 15) is 9.59 Å². The van der Waals surface area contributed by atoms with Crippen molar-refractivity contribution in [2.75, 3.05) is 26.2 Å². The van der Waals surface area contributed by atoms with Crippen LogP contribution in [-0.2, 0) is 24.8 Å². The van der Waals surface area contributed by atoms with Crippen molar-refractivity contribution in [1.82, 2.24) is 10.4 Å². The molecule has 0 radical (unpaired) electrons. The van der Waals surface area contributed by atoms with E-state index in [4.69, 9.17) is 9.57 Å². The van der Waals surface area contributed by atoms with E-state index < -0.39 is 17.5 Å². The average Bonchev–Trinajstić information content (AvgIpc) is 2.88. The Labute approximate surface area is 194 Å². The van der Waals surface area contributed by atoms with Gasteiger partial charge < -0.3 is 14.9 Å². The van der Waals surface area contributed by atoms with Gasteiger partial charge in [-0.15, -0.1) is 5.06 Å². The van der Waals surface area contributed by atoms with E-state index in [1.54, 1.807) is 5.06 Å². The third-order valence-electron chi connectivity index (χ3n) is 5.65. The molecule has 0 unspecified atom stereocenters. The number of ether oxygens (including phenoxy) is 1. The Morgan fingerprint density at radius 3 is 1.58 bits per heavy atom. The molecule has 1 fully saturated rings. The van der Waals surface area contributed by atoms with Gasteiger partial charge in [-0.2, -0.15) is 0 Å². The largest absolute Gasteiger partial charge is 0.444 e. The van der Waals surface area contributed by atoms with Crippen molar-refractivity contribution in [3.05, 3.63) is 108 Å². The number of benzene rings is 3. The number of piperazine rings is 1. The zero-order valence-electron chi connectivity index (χ0n) is 18.5. The van der Waals surface area contributed by atoms with Gasteiger partial charge in [0.25, 0.3) is 0 Å². The predicted molar refractivity (Wildman–Crippen MR) is 125 cm³/mol. The Morgan fingerprint density at radius 2 is 1.12 bits per heavy atom. The summed E-state index contributed by atoms with van der Waals surface area (Å²) in [5.41, 5.74) is 1.36. The van der Waals surface area contributed by atoms with Gasteiger partial charge >= 0.3 is 11.9 Å². The summed E-state index contributed by atoms with van der Waals surface area (Å²) in [6.07, 6.45) is -0.115. The number of hydrogen-bond acceptors (Lipinski definition) is 6. The normalized spacial score (nSPS) is 14.4. The molecular weight excluding hydrogens is 416 g/mol. The van der Waals surface area contributed by atoms with Crippen LogP contribution >= 0.6 is 0 Å². The fourth-order valence-electron chi connectivity index (χ4n) is 4.05. The maximum absolute atomic E-state index is 13.1.